The summed E-state index contributed by atoms with van der Waals surface area (Å²) in [7, 11) is 0. The number of anilines is 1. The van der Waals surface area contributed by atoms with E-state index in [0.717, 1.165) is 20.4 Å². The largest absolute Gasteiger partial charge is 0.398 e. The van der Waals surface area contributed by atoms with E-state index in [1.807, 2.05) is 12.1 Å². The summed E-state index contributed by atoms with van der Waals surface area (Å²) in [5.74, 6) is 0.930. The van der Waals surface area contributed by atoms with Gasteiger partial charge in [0.25, 0.3) is 0 Å². The highest BCUT2D eigenvalue weighted by atomic mass is 79.9. The zero-order chi connectivity index (χ0) is 12.3. The molecule has 1 nitrogen and oxygen atoms in total. The molecule has 0 saturated heterocycles. The molecule has 2 rings (SSSR count). The summed E-state index contributed by atoms with van der Waals surface area (Å²) in [6.07, 6.45) is 0. The van der Waals surface area contributed by atoms with Crippen LogP contribution in [0.4, 0.5) is 5.69 Å². The Morgan fingerprint density at radius 3 is 2.35 bits per heavy atom. The molecule has 4 heteroatoms. The third-order valence-corrected chi connectivity index (χ3v) is 4.61. The van der Waals surface area contributed by atoms with Crippen molar-refractivity contribution < 1.29 is 0 Å². The predicted octanol–water partition coefficient (Wildman–Crippen LogP) is 5.09. The Morgan fingerprint density at radius 1 is 1.00 bits per heavy atom. The van der Waals surface area contributed by atoms with Crippen molar-refractivity contribution in [2.24, 2.45) is 0 Å². The lowest BCUT2D eigenvalue weighted by Crippen LogP contribution is -1.89. The van der Waals surface area contributed by atoms with Crippen molar-refractivity contribution >= 4 is 49.3 Å². The molecular formula is C13H11Br2NS. The van der Waals surface area contributed by atoms with Crippen LogP contribution in [0.5, 0.6) is 0 Å². The van der Waals surface area contributed by atoms with Gasteiger partial charge in [-0.1, -0.05) is 22.0 Å². The number of benzene rings is 2. The molecule has 2 aromatic carbocycles. The zero-order valence-corrected chi connectivity index (χ0v) is 13.0. The second kappa shape index (κ2) is 5.94. The molecule has 0 radical (unpaired) electrons. The van der Waals surface area contributed by atoms with Crippen LogP contribution in [0.3, 0.4) is 0 Å². The molecule has 0 aliphatic rings. The SMILES string of the molecule is Nc1cc(CSc2ccc(Br)cc2)ccc1Br. The molecule has 0 aliphatic heterocycles. The smallest absolute Gasteiger partial charge is 0.0461 e. The monoisotopic (exact) mass is 371 g/mol. The molecule has 0 amide bonds. The highest BCUT2D eigenvalue weighted by molar-refractivity contribution is 9.10. The number of hydrogen-bond donors (Lipinski definition) is 1. The van der Waals surface area contributed by atoms with Gasteiger partial charge in [-0.15, -0.1) is 11.8 Å². The molecule has 0 aliphatic carbocycles. The maximum absolute atomic E-state index is 5.85. The van der Waals surface area contributed by atoms with Gasteiger partial charge in [0.2, 0.25) is 0 Å². The zero-order valence-electron chi connectivity index (χ0n) is 8.99. The van der Waals surface area contributed by atoms with Gasteiger partial charge in [0.05, 0.1) is 0 Å². The molecule has 2 N–H and O–H groups in total. The van der Waals surface area contributed by atoms with Crippen molar-refractivity contribution in [1.29, 1.82) is 0 Å². The van der Waals surface area contributed by atoms with Crippen molar-refractivity contribution in [3.05, 3.63) is 57.0 Å². The second-order valence-corrected chi connectivity index (χ2v) is 6.42. The Kier molecular flexibility index (Phi) is 4.54. The van der Waals surface area contributed by atoms with Gasteiger partial charge in [0, 0.05) is 25.3 Å². The summed E-state index contributed by atoms with van der Waals surface area (Å²) in [5.41, 5.74) is 7.87. The number of rotatable bonds is 3. The van der Waals surface area contributed by atoms with Gasteiger partial charge in [-0.3, -0.25) is 0 Å². The van der Waals surface area contributed by atoms with Crippen LogP contribution in [0, 0.1) is 0 Å². The highest BCUT2D eigenvalue weighted by Crippen LogP contribution is 2.27. The fourth-order valence-electron chi connectivity index (χ4n) is 1.38. The molecule has 0 spiro atoms. The van der Waals surface area contributed by atoms with Crippen LogP contribution in [0.1, 0.15) is 5.56 Å². The predicted molar refractivity (Wildman–Crippen MR) is 82.3 cm³/mol. The average molecular weight is 373 g/mol. The molecule has 0 fully saturated rings. The molecule has 0 unspecified atom stereocenters. The summed E-state index contributed by atoms with van der Waals surface area (Å²) >= 11 is 8.63. The Hall–Kier alpha value is -0.450. The van der Waals surface area contributed by atoms with Gasteiger partial charge in [0.1, 0.15) is 0 Å². The lowest BCUT2D eigenvalue weighted by molar-refractivity contribution is 1.37. The fraction of sp³-hybridized carbons (Fsp3) is 0.0769. The number of hydrogen-bond acceptors (Lipinski definition) is 2. The van der Waals surface area contributed by atoms with E-state index in [0.29, 0.717) is 0 Å². The molecule has 0 saturated carbocycles. The van der Waals surface area contributed by atoms with E-state index < -0.39 is 0 Å². The fourth-order valence-corrected chi connectivity index (χ4v) is 2.73. The third-order valence-electron chi connectivity index (χ3n) is 2.28. The van der Waals surface area contributed by atoms with E-state index >= 15 is 0 Å². The summed E-state index contributed by atoms with van der Waals surface area (Å²) in [4.78, 5) is 1.26. The van der Waals surface area contributed by atoms with E-state index in [1.165, 1.54) is 10.5 Å². The van der Waals surface area contributed by atoms with E-state index in [-0.39, 0.29) is 0 Å². The lowest BCUT2D eigenvalue weighted by atomic mass is 10.2. The first-order valence-electron chi connectivity index (χ1n) is 5.07. The van der Waals surface area contributed by atoms with Crippen LogP contribution in [-0.4, -0.2) is 0 Å². The van der Waals surface area contributed by atoms with Gasteiger partial charge < -0.3 is 5.73 Å². The van der Waals surface area contributed by atoms with Crippen LogP contribution < -0.4 is 5.73 Å². The Balaban J connectivity index is 2.02. The molecular weight excluding hydrogens is 362 g/mol. The minimum Gasteiger partial charge on any atom is -0.398 e. The second-order valence-electron chi connectivity index (χ2n) is 3.60. The van der Waals surface area contributed by atoms with Crippen molar-refractivity contribution in [2.45, 2.75) is 10.6 Å². The van der Waals surface area contributed by atoms with E-state index in [9.17, 15) is 0 Å². The molecule has 0 atom stereocenters. The number of halogens is 2. The van der Waals surface area contributed by atoms with Gasteiger partial charge in [0.15, 0.2) is 0 Å². The molecule has 0 aromatic heterocycles. The quantitative estimate of drug-likeness (QED) is 0.600. The van der Waals surface area contributed by atoms with Crippen molar-refractivity contribution in [2.75, 3.05) is 5.73 Å². The first-order chi connectivity index (χ1) is 8.15. The highest BCUT2D eigenvalue weighted by Gasteiger charge is 2.00. The molecule has 0 heterocycles. The maximum Gasteiger partial charge on any atom is 0.0461 e. The number of thioether (sulfide) groups is 1. The van der Waals surface area contributed by atoms with Crippen LogP contribution in [0.25, 0.3) is 0 Å². The normalized spacial score (nSPS) is 10.5. The Morgan fingerprint density at radius 2 is 1.71 bits per heavy atom. The van der Waals surface area contributed by atoms with E-state index in [2.05, 4.69) is 62.2 Å². The van der Waals surface area contributed by atoms with E-state index in [1.54, 1.807) is 11.8 Å². The number of nitrogen functional groups attached to an aromatic ring is 1. The van der Waals surface area contributed by atoms with E-state index in [4.69, 9.17) is 5.73 Å². The minimum atomic E-state index is 0.791. The van der Waals surface area contributed by atoms with Gasteiger partial charge in [-0.25, -0.2) is 0 Å². The van der Waals surface area contributed by atoms with Gasteiger partial charge in [-0.05, 0) is 57.9 Å². The molecule has 2 aromatic rings. The molecule has 0 bridgehead atoms. The average Bonchev–Trinajstić information content (AvgIpc) is 2.33. The van der Waals surface area contributed by atoms with Crippen molar-refractivity contribution in [1.82, 2.24) is 0 Å². The van der Waals surface area contributed by atoms with Crippen LogP contribution in [-0.2, 0) is 5.75 Å². The first-order valence-corrected chi connectivity index (χ1v) is 7.64. The standard InChI is InChI=1S/C13H11Br2NS/c14-10-2-4-11(5-3-10)17-8-9-1-6-12(15)13(16)7-9/h1-7H,8,16H2. The maximum atomic E-state index is 5.85. The van der Waals surface area contributed by atoms with Gasteiger partial charge in [-0.2, -0.15) is 0 Å². The molecule has 88 valence electrons. The third kappa shape index (κ3) is 3.76. The lowest BCUT2D eigenvalue weighted by Gasteiger charge is -2.04. The first kappa shape index (κ1) is 13.0. The van der Waals surface area contributed by atoms with Crippen LogP contribution in [0.15, 0.2) is 56.3 Å². The van der Waals surface area contributed by atoms with Crippen LogP contribution >= 0.6 is 43.6 Å². The van der Waals surface area contributed by atoms with Gasteiger partial charge >= 0.3 is 0 Å². The topological polar surface area (TPSA) is 26.0 Å². The number of nitrogens with two attached hydrogens (primary N) is 1. The van der Waals surface area contributed by atoms with Crippen molar-refractivity contribution in [3.63, 3.8) is 0 Å². The molecule has 17 heavy (non-hydrogen) atoms. The summed E-state index contributed by atoms with van der Waals surface area (Å²) in [6, 6.07) is 14.4. The summed E-state index contributed by atoms with van der Waals surface area (Å²) in [6.45, 7) is 0. The Labute approximate surface area is 122 Å². The Bertz CT molecular complexity index is 511. The summed E-state index contributed by atoms with van der Waals surface area (Å²) < 4.78 is 2.06. The van der Waals surface area contributed by atoms with Crippen LogP contribution in [0.2, 0.25) is 0 Å². The minimum absolute atomic E-state index is 0.791. The summed E-state index contributed by atoms with van der Waals surface area (Å²) in [5, 5.41) is 0. The van der Waals surface area contributed by atoms with Crippen molar-refractivity contribution in [3.8, 4) is 0 Å².